The lowest BCUT2D eigenvalue weighted by Gasteiger charge is -2.06. The van der Waals surface area contributed by atoms with Gasteiger partial charge in [0.15, 0.2) is 11.5 Å². The van der Waals surface area contributed by atoms with Crippen LogP contribution in [-0.4, -0.2) is 28.1 Å². The summed E-state index contributed by atoms with van der Waals surface area (Å²) in [6.07, 6.45) is 2.86. The zero-order valence-electron chi connectivity index (χ0n) is 12.1. The van der Waals surface area contributed by atoms with Crippen LogP contribution in [0.1, 0.15) is 5.56 Å². The zero-order chi connectivity index (χ0) is 16.4. The third kappa shape index (κ3) is 2.95. The van der Waals surface area contributed by atoms with Gasteiger partial charge in [0, 0.05) is 10.0 Å². The Kier molecular flexibility index (Phi) is 4.12. The molecule has 0 fully saturated rings. The first-order valence-corrected chi connectivity index (χ1v) is 7.46. The predicted octanol–water partition coefficient (Wildman–Crippen LogP) is 2.76. The van der Waals surface area contributed by atoms with Crippen LogP contribution in [0.5, 0.6) is 11.5 Å². The smallest absolute Gasteiger partial charge is 0.281 e. The van der Waals surface area contributed by atoms with Gasteiger partial charge in [-0.15, -0.1) is 0 Å². The highest BCUT2D eigenvalue weighted by Crippen LogP contribution is 2.31. The molecule has 0 aliphatic heterocycles. The first-order chi connectivity index (χ1) is 11.1. The van der Waals surface area contributed by atoms with E-state index in [9.17, 15) is 9.90 Å². The van der Waals surface area contributed by atoms with E-state index in [-0.39, 0.29) is 11.3 Å². The van der Waals surface area contributed by atoms with Crippen molar-refractivity contribution in [2.75, 3.05) is 7.11 Å². The summed E-state index contributed by atoms with van der Waals surface area (Å²) >= 11 is 3.33. The number of hydrogen-bond acceptors (Lipinski definition) is 5. The number of methoxy groups -OCH3 is 1. The molecule has 2 aromatic carbocycles. The predicted molar refractivity (Wildman–Crippen MR) is 91.4 cm³/mol. The van der Waals surface area contributed by atoms with Crippen LogP contribution in [0.25, 0.3) is 10.9 Å². The second-order valence-electron chi connectivity index (χ2n) is 4.70. The van der Waals surface area contributed by atoms with Gasteiger partial charge in [0.05, 0.1) is 24.2 Å². The van der Waals surface area contributed by atoms with Crippen molar-refractivity contribution in [2.24, 2.45) is 5.10 Å². The lowest BCUT2D eigenvalue weighted by Crippen LogP contribution is -2.17. The number of fused-ring (bicyclic) bond motifs is 1. The molecule has 0 atom stereocenters. The number of benzene rings is 2. The molecule has 0 bridgehead atoms. The number of phenols is 1. The number of rotatable bonds is 3. The Morgan fingerprint density at radius 3 is 2.91 bits per heavy atom. The minimum absolute atomic E-state index is 0.0149. The molecule has 0 aliphatic carbocycles. The molecule has 1 heterocycles. The topological polar surface area (TPSA) is 76.7 Å². The number of aromatic hydroxyl groups is 1. The summed E-state index contributed by atoms with van der Waals surface area (Å²) in [6, 6.07) is 10.2. The highest BCUT2D eigenvalue weighted by Gasteiger charge is 2.07. The van der Waals surface area contributed by atoms with Crippen molar-refractivity contribution in [1.29, 1.82) is 0 Å². The summed E-state index contributed by atoms with van der Waals surface area (Å²) in [5.41, 5.74) is 1.02. The molecule has 23 heavy (non-hydrogen) atoms. The summed E-state index contributed by atoms with van der Waals surface area (Å²) in [5.74, 6) is 0.333. The van der Waals surface area contributed by atoms with Gasteiger partial charge in [-0.1, -0.05) is 12.1 Å². The number of ether oxygens (including phenoxy) is 1. The first kappa shape index (κ1) is 15.2. The van der Waals surface area contributed by atoms with Gasteiger partial charge < -0.3 is 9.84 Å². The van der Waals surface area contributed by atoms with E-state index in [0.29, 0.717) is 26.7 Å². The van der Waals surface area contributed by atoms with Gasteiger partial charge in [-0.05, 0) is 40.2 Å². The summed E-state index contributed by atoms with van der Waals surface area (Å²) < 4.78 is 6.85. The molecule has 3 aromatic rings. The third-order valence-electron chi connectivity index (χ3n) is 3.27. The van der Waals surface area contributed by atoms with E-state index in [0.717, 1.165) is 4.68 Å². The first-order valence-electron chi connectivity index (χ1n) is 6.67. The van der Waals surface area contributed by atoms with Crippen molar-refractivity contribution in [3.63, 3.8) is 0 Å². The lowest BCUT2D eigenvalue weighted by molar-refractivity contribution is 0.373. The molecule has 7 heteroatoms. The molecular weight excluding hydrogens is 362 g/mol. The van der Waals surface area contributed by atoms with E-state index >= 15 is 0 Å². The highest BCUT2D eigenvalue weighted by atomic mass is 79.9. The Morgan fingerprint density at radius 2 is 2.13 bits per heavy atom. The maximum atomic E-state index is 12.3. The van der Waals surface area contributed by atoms with E-state index in [1.807, 2.05) is 6.07 Å². The number of halogens is 1. The van der Waals surface area contributed by atoms with E-state index in [1.165, 1.54) is 25.7 Å². The highest BCUT2D eigenvalue weighted by molar-refractivity contribution is 9.10. The molecule has 0 aliphatic rings. The SMILES string of the molecule is COc1cc(C=Nn2cnc3ccccc3c2=O)c(Br)cc1O. The average Bonchev–Trinajstić information content (AvgIpc) is 2.56. The Hall–Kier alpha value is -2.67. The van der Waals surface area contributed by atoms with Crippen LogP contribution in [0, 0.1) is 0 Å². The van der Waals surface area contributed by atoms with Crippen LogP contribution in [-0.2, 0) is 0 Å². The molecule has 0 amide bonds. The maximum absolute atomic E-state index is 12.3. The number of aromatic nitrogens is 2. The molecule has 116 valence electrons. The molecule has 6 nitrogen and oxygen atoms in total. The van der Waals surface area contributed by atoms with Gasteiger partial charge >= 0.3 is 0 Å². The van der Waals surface area contributed by atoms with Crippen LogP contribution in [0.2, 0.25) is 0 Å². The molecule has 0 spiro atoms. The van der Waals surface area contributed by atoms with Gasteiger partial charge in [-0.2, -0.15) is 9.78 Å². The fourth-order valence-electron chi connectivity index (χ4n) is 2.09. The number of phenolic OH excluding ortho intramolecular Hbond substituents is 1. The van der Waals surface area contributed by atoms with Crippen molar-refractivity contribution >= 4 is 33.0 Å². The summed E-state index contributed by atoms with van der Waals surface area (Å²) in [4.78, 5) is 16.5. The van der Waals surface area contributed by atoms with Crippen molar-refractivity contribution in [3.8, 4) is 11.5 Å². The quantitative estimate of drug-likeness (QED) is 0.716. The largest absolute Gasteiger partial charge is 0.504 e. The van der Waals surface area contributed by atoms with Gasteiger partial charge in [-0.3, -0.25) is 4.79 Å². The summed E-state index contributed by atoms with van der Waals surface area (Å²) in [6.45, 7) is 0. The van der Waals surface area contributed by atoms with E-state index in [4.69, 9.17) is 4.74 Å². The minimum atomic E-state index is -0.256. The van der Waals surface area contributed by atoms with Crippen molar-refractivity contribution in [1.82, 2.24) is 9.66 Å². The molecular formula is C16H12BrN3O3. The summed E-state index contributed by atoms with van der Waals surface area (Å²) in [7, 11) is 1.46. The Bertz CT molecular complexity index is 966. The van der Waals surface area contributed by atoms with Gasteiger partial charge in [0.2, 0.25) is 0 Å². The molecule has 1 aromatic heterocycles. The molecule has 0 unspecified atom stereocenters. The van der Waals surface area contributed by atoms with Gasteiger partial charge in [0.25, 0.3) is 5.56 Å². The van der Waals surface area contributed by atoms with Crippen LogP contribution < -0.4 is 10.3 Å². The standard InChI is InChI=1S/C16H12BrN3O3/c1-23-15-6-10(12(17)7-14(15)21)8-19-20-9-18-13-5-3-2-4-11(13)16(20)22/h2-9,21H,1H3. The Morgan fingerprint density at radius 1 is 1.35 bits per heavy atom. The third-order valence-corrected chi connectivity index (χ3v) is 3.95. The Balaban J connectivity index is 2.04. The van der Waals surface area contributed by atoms with Crippen LogP contribution in [0.3, 0.4) is 0 Å². The van der Waals surface area contributed by atoms with Crippen molar-refractivity contribution in [3.05, 3.63) is 63.1 Å². The molecule has 0 saturated carbocycles. The van der Waals surface area contributed by atoms with Crippen molar-refractivity contribution < 1.29 is 9.84 Å². The second kappa shape index (κ2) is 6.21. The number of para-hydroxylation sites is 1. The van der Waals surface area contributed by atoms with E-state index in [2.05, 4.69) is 26.0 Å². The van der Waals surface area contributed by atoms with Crippen LogP contribution >= 0.6 is 15.9 Å². The number of nitrogens with zero attached hydrogens (tertiary/aromatic N) is 3. The maximum Gasteiger partial charge on any atom is 0.281 e. The van der Waals surface area contributed by atoms with Crippen molar-refractivity contribution in [2.45, 2.75) is 0 Å². The normalized spacial score (nSPS) is 11.2. The van der Waals surface area contributed by atoms with Crippen LogP contribution in [0.4, 0.5) is 0 Å². The fourth-order valence-corrected chi connectivity index (χ4v) is 2.52. The van der Waals surface area contributed by atoms with E-state index < -0.39 is 0 Å². The fraction of sp³-hybridized carbons (Fsp3) is 0.0625. The summed E-state index contributed by atoms with van der Waals surface area (Å²) in [5, 5.41) is 14.3. The monoisotopic (exact) mass is 373 g/mol. The molecule has 3 rings (SSSR count). The zero-order valence-corrected chi connectivity index (χ0v) is 13.7. The number of hydrogen-bond donors (Lipinski definition) is 1. The van der Waals surface area contributed by atoms with E-state index in [1.54, 1.807) is 24.3 Å². The molecule has 0 saturated heterocycles. The molecule has 1 N–H and O–H groups in total. The van der Waals surface area contributed by atoms with Gasteiger partial charge in [-0.25, -0.2) is 4.98 Å². The Labute approximate surface area is 139 Å². The van der Waals surface area contributed by atoms with Crippen LogP contribution in [0.15, 0.2) is 57.1 Å². The lowest BCUT2D eigenvalue weighted by atomic mass is 10.2. The molecule has 0 radical (unpaired) electrons. The van der Waals surface area contributed by atoms with Gasteiger partial charge in [0.1, 0.15) is 6.33 Å². The minimum Gasteiger partial charge on any atom is -0.504 e. The average molecular weight is 374 g/mol. The second-order valence-corrected chi connectivity index (χ2v) is 5.56.